The Bertz CT molecular complexity index is 764. The van der Waals surface area contributed by atoms with Gasteiger partial charge >= 0.3 is 0 Å². The largest absolute Gasteiger partial charge is 0.309 e. The molecule has 0 saturated heterocycles. The molecule has 23 heavy (non-hydrogen) atoms. The summed E-state index contributed by atoms with van der Waals surface area (Å²) in [6.07, 6.45) is 1.25. The van der Waals surface area contributed by atoms with Crippen LogP contribution in [0.4, 0.5) is 0 Å². The molecule has 0 spiro atoms. The van der Waals surface area contributed by atoms with Gasteiger partial charge in [-0.05, 0) is 34.7 Å². The number of rotatable bonds is 5. The van der Waals surface area contributed by atoms with E-state index in [1.165, 1.54) is 28.7 Å². The number of hydrogen-bond donors (Lipinski definition) is 1. The van der Waals surface area contributed by atoms with Crippen molar-refractivity contribution in [3.63, 3.8) is 0 Å². The minimum Gasteiger partial charge on any atom is -0.309 e. The van der Waals surface area contributed by atoms with Gasteiger partial charge in [0.1, 0.15) is 0 Å². The summed E-state index contributed by atoms with van der Waals surface area (Å²) in [7, 11) is 0. The van der Waals surface area contributed by atoms with Crippen molar-refractivity contribution >= 4 is 0 Å². The zero-order chi connectivity index (χ0) is 15.5. The number of benzene rings is 3. The first-order chi connectivity index (χ1) is 11.4. The SMILES string of the molecule is c1ccc(-c2cccc(CN[C@H]3C[C@@H]3c3ccccc3)c2)cc1. The van der Waals surface area contributed by atoms with Crippen molar-refractivity contribution in [2.24, 2.45) is 0 Å². The summed E-state index contributed by atoms with van der Waals surface area (Å²) in [4.78, 5) is 0. The highest BCUT2D eigenvalue weighted by atomic mass is 15.0. The minimum atomic E-state index is 0.623. The maximum atomic E-state index is 3.70. The summed E-state index contributed by atoms with van der Waals surface area (Å²) in [6, 6.07) is 30.9. The molecule has 1 aliphatic rings. The Kier molecular flexibility index (Phi) is 3.95. The fourth-order valence-corrected chi connectivity index (χ4v) is 3.23. The standard InChI is InChI=1S/C22H21N/c1-3-9-18(10-4-1)20-13-7-8-17(14-20)16-23-22-15-21(22)19-11-5-2-6-12-19/h1-14,21-23H,15-16H2/t21-,22+/m1/s1. The van der Waals surface area contributed by atoms with Crippen molar-refractivity contribution in [1.82, 2.24) is 5.32 Å². The van der Waals surface area contributed by atoms with E-state index in [1.807, 2.05) is 0 Å². The molecule has 0 unspecified atom stereocenters. The van der Waals surface area contributed by atoms with Crippen LogP contribution < -0.4 is 5.32 Å². The van der Waals surface area contributed by atoms with Crippen LogP contribution >= 0.6 is 0 Å². The summed E-state index contributed by atoms with van der Waals surface area (Å²) in [5, 5.41) is 3.70. The van der Waals surface area contributed by atoms with Gasteiger partial charge in [0.05, 0.1) is 0 Å². The summed E-state index contributed by atoms with van der Waals surface area (Å²) in [5.41, 5.74) is 5.39. The van der Waals surface area contributed by atoms with Crippen molar-refractivity contribution in [2.75, 3.05) is 0 Å². The van der Waals surface area contributed by atoms with Crippen LogP contribution in [-0.2, 0) is 6.54 Å². The molecule has 0 aliphatic heterocycles. The van der Waals surface area contributed by atoms with E-state index in [0.717, 1.165) is 6.54 Å². The van der Waals surface area contributed by atoms with Crippen molar-refractivity contribution in [2.45, 2.75) is 24.9 Å². The number of nitrogens with one attached hydrogen (secondary N) is 1. The van der Waals surface area contributed by atoms with Crippen LogP contribution in [0, 0.1) is 0 Å². The molecule has 0 aromatic heterocycles. The van der Waals surface area contributed by atoms with Gasteiger partial charge in [-0.25, -0.2) is 0 Å². The zero-order valence-electron chi connectivity index (χ0n) is 13.2. The molecule has 0 heterocycles. The highest BCUT2D eigenvalue weighted by Gasteiger charge is 2.37. The van der Waals surface area contributed by atoms with E-state index < -0.39 is 0 Å². The van der Waals surface area contributed by atoms with E-state index >= 15 is 0 Å². The summed E-state index contributed by atoms with van der Waals surface area (Å²) < 4.78 is 0. The third-order valence-electron chi connectivity index (χ3n) is 4.62. The maximum Gasteiger partial charge on any atom is 0.0208 e. The Balaban J connectivity index is 1.39. The molecule has 0 bridgehead atoms. The monoisotopic (exact) mass is 299 g/mol. The fourth-order valence-electron chi connectivity index (χ4n) is 3.23. The Hall–Kier alpha value is -2.38. The second-order valence-electron chi connectivity index (χ2n) is 6.31. The number of hydrogen-bond acceptors (Lipinski definition) is 1. The molecule has 3 aromatic carbocycles. The predicted octanol–water partition coefficient (Wildman–Crippen LogP) is 5.00. The molecule has 1 N–H and O–H groups in total. The van der Waals surface area contributed by atoms with Crippen molar-refractivity contribution in [3.8, 4) is 11.1 Å². The maximum absolute atomic E-state index is 3.70. The molecule has 114 valence electrons. The molecular weight excluding hydrogens is 278 g/mol. The Labute approximate surface area is 138 Å². The first kappa shape index (κ1) is 14.2. The fraction of sp³-hybridized carbons (Fsp3) is 0.182. The summed E-state index contributed by atoms with van der Waals surface area (Å²) >= 11 is 0. The lowest BCUT2D eigenvalue weighted by Crippen LogP contribution is -2.17. The summed E-state index contributed by atoms with van der Waals surface area (Å²) in [6.45, 7) is 0.939. The highest BCUT2D eigenvalue weighted by Crippen LogP contribution is 2.40. The van der Waals surface area contributed by atoms with Gasteiger partial charge in [-0.15, -0.1) is 0 Å². The lowest BCUT2D eigenvalue weighted by atomic mass is 10.0. The molecule has 0 amide bonds. The third-order valence-corrected chi connectivity index (χ3v) is 4.62. The van der Waals surface area contributed by atoms with E-state index in [0.29, 0.717) is 12.0 Å². The molecule has 1 nitrogen and oxygen atoms in total. The predicted molar refractivity (Wildman–Crippen MR) is 96.3 cm³/mol. The average Bonchev–Trinajstić information content (AvgIpc) is 3.42. The van der Waals surface area contributed by atoms with Crippen LogP contribution in [0.25, 0.3) is 11.1 Å². The lowest BCUT2D eigenvalue weighted by molar-refractivity contribution is 0.673. The third kappa shape index (κ3) is 3.35. The van der Waals surface area contributed by atoms with E-state index in [1.54, 1.807) is 0 Å². The molecule has 1 saturated carbocycles. The van der Waals surface area contributed by atoms with Crippen LogP contribution in [0.15, 0.2) is 84.9 Å². The van der Waals surface area contributed by atoms with Gasteiger partial charge in [0, 0.05) is 18.5 Å². The lowest BCUT2D eigenvalue weighted by Gasteiger charge is -2.07. The van der Waals surface area contributed by atoms with Gasteiger partial charge in [0.25, 0.3) is 0 Å². The molecule has 2 atom stereocenters. The van der Waals surface area contributed by atoms with Gasteiger partial charge in [-0.1, -0.05) is 78.9 Å². The van der Waals surface area contributed by atoms with Gasteiger partial charge in [0.2, 0.25) is 0 Å². The van der Waals surface area contributed by atoms with Gasteiger partial charge in [0.15, 0.2) is 0 Å². The van der Waals surface area contributed by atoms with Crippen LogP contribution in [0.5, 0.6) is 0 Å². The van der Waals surface area contributed by atoms with Crippen molar-refractivity contribution in [3.05, 3.63) is 96.1 Å². The molecule has 4 rings (SSSR count). The first-order valence-corrected chi connectivity index (χ1v) is 8.33. The average molecular weight is 299 g/mol. The molecule has 1 fully saturated rings. The normalized spacial score (nSPS) is 19.5. The van der Waals surface area contributed by atoms with Crippen LogP contribution in [0.1, 0.15) is 23.5 Å². The van der Waals surface area contributed by atoms with Crippen LogP contribution in [-0.4, -0.2) is 6.04 Å². The van der Waals surface area contributed by atoms with Crippen molar-refractivity contribution in [1.29, 1.82) is 0 Å². The Morgan fingerprint density at radius 1 is 0.739 bits per heavy atom. The van der Waals surface area contributed by atoms with E-state index in [9.17, 15) is 0 Å². The summed E-state index contributed by atoms with van der Waals surface area (Å²) in [5.74, 6) is 0.688. The second-order valence-corrected chi connectivity index (χ2v) is 6.31. The molecular formula is C22H21N. The first-order valence-electron chi connectivity index (χ1n) is 8.33. The van der Waals surface area contributed by atoms with Gasteiger partial charge in [-0.2, -0.15) is 0 Å². The highest BCUT2D eigenvalue weighted by molar-refractivity contribution is 5.63. The van der Waals surface area contributed by atoms with Crippen molar-refractivity contribution < 1.29 is 0 Å². The van der Waals surface area contributed by atoms with Gasteiger partial charge < -0.3 is 5.32 Å². The molecule has 3 aromatic rings. The van der Waals surface area contributed by atoms with E-state index in [4.69, 9.17) is 0 Å². The smallest absolute Gasteiger partial charge is 0.0208 e. The molecule has 1 heteroatoms. The topological polar surface area (TPSA) is 12.0 Å². The quantitative estimate of drug-likeness (QED) is 0.699. The van der Waals surface area contributed by atoms with Gasteiger partial charge in [-0.3, -0.25) is 0 Å². The Morgan fingerprint density at radius 3 is 2.22 bits per heavy atom. The van der Waals surface area contributed by atoms with E-state index in [-0.39, 0.29) is 0 Å². The van der Waals surface area contributed by atoms with Crippen LogP contribution in [0.3, 0.4) is 0 Å². The molecule has 1 aliphatic carbocycles. The zero-order valence-corrected chi connectivity index (χ0v) is 13.2. The van der Waals surface area contributed by atoms with E-state index in [2.05, 4.69) is 90.2 Å². The Morgan fingerprint density at radius 2 is 1.43 bits per heavy atom. The minimum absolute atomic E-state index is 0.623. The molecule has 0 radical (unpaired) electrons. The second kappa shape index (κ2) is 6.39. The van der Waals surface area contributed by atoms with Crippen LogP contribution in [0.2, 0.25) is 0 Å².